The summed E-state index contributed by atoms with van der Waals surface area (Å²) in [6.07, 6.45) is 0.450. The Labute approximate surface area is 182 Å². The average molecular weight is 446 g/mol. The molecule has 2 amide bonds. The number of nitrogens with zero attached hydrogens (tertiary/aromatic N) is 1. The molecule has 0 aromatic heterocycles. The van der Waals surface area contributed by atoms with Gasteiger partial charge in [-0.05, 0) is 61.2 Å². The van der Waals surface area contributed by atoms with E-state index in [0.29, 0.717) is 38.3 Å². The number of benzene rings is 2. The van der Waals surface area contributed by atoms with Crippen molar-refractivity contribution in [3.05, 3.63) is 64.7 Å². The van der Waals surface area contributed by atoms with E-state index in [-0.39, 0.29) is 17.2 Å². The zero-order valence-corrected chi connectivity index (χ0v) is 18.5. The minimum absolute atomic E-state index is 0.105. The van der Waals surface area contributed by atoms with Crippen LogP contribution in [0.5, 0.6) is 0 Å². The van der Waals surface area contributed by atoms with E-state index in [2.05, 4.69) is 10.9 Å². The summed E-state index contributed by atoms with van der Waals surface area (Å²) in [4.78, 5) is 24.5. The van der Waals surface area contributed by atoms with Crippen LogP contribution in [0.4, 0.5) is 0 Å². The Morgan fingerprint density at radius 1 is 1.00 bits per heavy atom. The van der Waals surface area contributed by atoms with Gasteiger partial charge in [0.05, 0.1) is 18.1 Å². The van der Waals surface area contributed by atoms with Crippen molar-refractivity contribution in [2.75, 3.05) is 26.3 Å². The molecule has 2 aromatic carbocycles. The molecule has 0 aliphatic carbocycles. The fourth-order valence-corrected chi connectivity index (χ4v) is 4.68. The van der Waals surface area contributed by atoms with Crippen LogP contribution in [0.25, 0.3) is 0 Å². The van der Waals surface area contributed by atoms with Crippen LogP contribution in [0.2, 0.25) is 0 Å². The zero-order chi connectivity index (χ0) is 22.4. The van der Waals surface area contributed by atoms with Crippen LogP contribution < -0.4 is 10.9 Å². The van der Waals surface area contributed by atoms with Gasteiger partial charge in [-0.3, -0.25) is 20.4 Å². The molecule has 1 saturated heterocycles. The summed E-state index contributed by atoms with van der Waals surface area (Å²) in [6, 6.07) is 11.9. The predicted molar refractivity (Wildman–Crippen MR) is 116 cm³/mol. The second kappa shape index (κ2) is 10.0. The smallest absolute Gasteiger partial charge is 0.269 e. The van der Waals surface area contributed by atoms with Gasteiger partial charge < -0.3 is 4.74 Å². The third kappa shape index (κ3) is 5.90. The van der Waals surface area contributed by atoms with Gasteiger partial charge in [-0.15, -0.1) is 0 Å². The number of rotatable bonds is 6. The standard InChI is InChI=1S/C22H27N3O5S/c1-16-6-8-19(14-17(16)2)22(27)24-23-21(26)9-7-18-4-3-5-20(15-18)31(28,29)25-10-12-30-13-11-25/h3-6,8,14-15H,7,9-13H2,1-2H3,(H,23,26)(H,24,27). The first-order valence-electron chi connectivity index (χ1n) is 10.1. The maximum Gasteiger partial charge on any atom is 0.269 e. The average Bonchev–Trinajstić information content (AvgIpc) is 2.78. The summed E-state index contributed by atoms with van der Waals surface area (Å²) >= 11 is 0. The van der Waals surface area contributed by atoms with Crippen molar-refractivity contribution in [3.63, 3.8) is 0 Å². The van der Waals surface area contributed by atoms with Gasteiger partial charge in [0.2, 0.25) is 15.9 Å². The number of ether oxygens (including phenoxy) is 1. The van der Waals surface area contributed by atoms with Crippen molar-refractivity contribution < 1.29 is 22.7 Å². The zero-order valence-electron chi connectivity index (χ0n) is 17.7. The lowest BCUT2D eigenvalue weighted by atomic mass is 10.1. The van der Waals surface area contributed by atoms with Crippen molar-refractivity contribution in [2.24, 2.45) is 0 Å². The lowest BCUT2D eigenvalue weighted by Crippen LogP contribution is -2.41. The highest BCUT2D eigenvalue weighted by Gasteiger charge is 2.26. The third-order valence-corrected chi connectivity index (χ3v) is 7.13. The highest BCUT2D eigenvalue weighted by molar-refractivity contribution is 7.89. The Kier molecular flexibility index (Phi) is 7.42. The van der Waals surface area contributed by atoms with Crippen molar-refractivity contribution in [1.82, 2.24) is 15.2 Å². The van der Waals surface area contributed by atoms with E-state index < -0.39 is 15.9 Å². The first-order chi connectivity index (χ1) is 14.8. The van der Waals surface area contributed by atoms with Gasteiger partial charge in [0.25, 0.3) is 5.91 Å². The Bertz CT molecular complexity index is 1060. The number of hydrazine groups is 1. The summed E-state index contributed by atoms with van der Waals surface area (Å²) in [6.45, 7) is 5.29. The summed E-state index contributed by atoms with van der Waals surface area (Å²) in [5.74, 6) is -0.756. The molecule has 0 unspecified atom stereocenters. The van der Waals surface area contributed by atoms with E-state index >= 15 is 0 Å². The first kappa shape index (κ1) is 22.9. The molecule has 2 N–H and O–H groups in total. The number of amides is 2. The lowest BCUT2D eigenvalue weighted by Gasteiger charge is -2.26. The molecule has 0 radical (unpaired) electrons. The maximum absolute atomic E-state index is 12.8. The molecular formula is C22H27N3O5S. The van der Waals surface area contributed by atoms with Crippen molar-refractivity contribution in [2.45, 2.75) is 31.6 Å². The number of nitrogens with one attached hydrogen (secondary N) is 2. The molecule has 1 aliphatic rings. The molecule has 1 fully saturated rings. The second-order valence-electron chi connectivity index (χ2n) is 7.47. The lowest BCUT2D eigenvalue weighted by molar-refractivity contribution is -0.121. The van der Waals surface area contributed by atoms with Crippen molar-refractivity contribution in [3.8, 4) is 0 Å². The van der Waals surface area contributed by atoms with E-state index in [4.69, 9.17) is 4.74 Å². The summed E-state index contributed by atoms with van der Waals surface area (Å²) in [7, 11) is -3.59. The van der Waals surface area contributed by atoms with Gasteiger partial charge in [-0.2, -0.15) is 4.31 Å². The van der Waals surface area contributed by atoms with Crippen molar-refractivity contribution >= 4 is 21.8 Å². The van der Waals surface area contributed by atoms with Gasteiger partial charge in [0.15, 0.2) is 0 Å². The molecule has 1 heterocycles. The molecule has 9 heteroatoms. The Balaban J connectivity index is 1.53. The maximum atomic E-state index is 12.8. The van der Waals surface area contributed by atoms with E-state index in [1.165, 1.54) is 4.31 Å². The van der Waals surface area contributed by atoms with E-state index in [9.17, 15) is 18.0 Å². The topological polar surface area (TPSA) is 105 Å². The largest absolute Gasteiger partial charge is 0.379 e. The fourth-order valence-electron chi connectivity index (χ4n) is 3.20. The Hall–Kier alpha value is -2.75. The molecule has 0 spiro atoms. The highest BCUT2D eigenvalue weighted by Crippen LogP contribution is 2.19. The number of morpholine rings is 1. The molecular weight excluding hydrogens is 418 g/mol. The molecule has 0 bridgehead atoms. The van der Waals surface area contributed by atoms with Gasteiger partial charge in [-0.1, -0.05) is 18.2 Å². The third-order valence-electron chi connectivity index (χ3n) is 5.23. The van der Waals surface area contributed by atoms with E-state index in [1.54, 1.807) is 36.4 Å². The van der Waals surface area contributed by atoms with Gasteiger partial charge >= 0.3 is 0 Å². The molecule has 0 atom stereocenters. The van der Waals surface area contributed by atoms with Crippen LogP contribution in [0.1, 0.15) is 33.5 Å². The molecule has 1 aliphatic heterocycles. The number of carbonyl (C=O) groups excluding carboxylic acids is 2. The van der Waals surface area contributed by atoms with Gasteiger partial charge in [0, 0.05) is 25.1 Å². The van der Waals surface area contributed by atoms with Crippen LogP contribution in [-0.2, 0) is 26.0 Å². The number of hydrogen-bond donors (Lipinski definition) is 2. The van der Waals surface area contributed by atoms with Gasteiger partial charge in [0.1, 0.15) is 0 Å². The van der Waals surface area contributed by atoms with E-state index in [0.717, 1.165) is 16.7 Å². The van der Waals surface area contributed by atoms with Gasteiger partial charge in [-0.25, -0.2) is 8.42 Å². The molecule has 31 heavy (non-hydrogen) atoms. The Morgan fingerprint density at radius 2 is 1.74 bits per heavy atom. The van der Waals surface area contributed by atoms with Crippen LogP contribution in [0, 0.1) is 13.8 Å². The summed E-state index contributed by atoms with van der Waals surface area (Å²) in [5, 5.41) is 0. The fraction of sp³-hybridized carbons (Fsp3) is 0.364. The summed E-state index contributed by atoms with van der Waals surface area (Å²) in [5.41, 5.74) is 8.07. The first-order valence-corrected chi connectivity index (χ1v) is 11.5. The number of hydrogen-bond acceptors (Lipinski definition) is 5. The van der Waals surface area contributed by atoms with Crippen LogP contribution in [0.15, 0.2) is 47.4 Å². The molecule has 3 rings (SSSR count). The van der Waals surface area contributed by atoms with Crippen LogP contribution in [-0.4, -0.2) is 50.8 Å². The normalized spacial score (nSPS) is 14.8. The highest BCUT2D eigenvalue weighted by atomic mass is 32.2. The van der Waals surface area contributed by atoms with Crippen LogP contribution in [0.3, 0.4) is 0 Å². The molecule has 0 saturated carbocycles. The van der Waals surface area contributed by atoms with Crippen molar-refractivity contribution in [1.29, 1.82) is 0 Å². The summed E-state index contributed by atoms with van der Waals surface area (Å²) < 4.78 is 32.2. The van der Waals surface area contributed by atoms with Crippen LogP contribution >= 0.6 is 0 Å². The number of sulfonamides is 1. The second-order valence-corrected chi connectivity index (χ2v) is 9.40. The number of carbonyl (C=O) groups is 2. The minimum Gasteiger partial charge on any atom is -0.379 e. The SMILES string of the molecule is Cc1ccc(C(=O)NNC(=O)CCc2cccc(S(=O)(=O)N3CCOCC3)c2)cc1C. The quantitative estimate of drug-likeness (QED) is 0.659. The predicted octanol–water partition coefficient (Wildman–Crippen LogP) is 1.72. The molecule has 8 nitrogen and oxygen atoms in total. The molecule has 166 valence electrons. The molecule has 2 aromatic rings. The minimum atomic E-state index is -3.59. The van der Waals surface area contributed by atoms with E-state index in [1.807, 2.05) is 19.9 Å². The number of aryl methyl sites for hydroxylation is 3. The Morgan fingerprint density at radius 3 is 2.45 bits per heavy atom. The monoisotopic (exact) mass is 445 g/mol.